The van der Waals surface area contributed by atoms with Gasteiger partial charge in [-0.15, -0.1) is 0 Å². The van der Waals surface area contributed by atoms with Crippen molar-refractivity contribution in [2.75, 3.05) is 0 Å². The molecule has 1 aromatic heterocycles. The summed E-state index contributed by atoms with van der Waals surface area (Å²) in [4.78, 5) is 0. The summed E-state index contributed by atoms with van der Waals surface area (Å²) in [5.74, 6) is 0.379. The van der Waals surface area contributed by atoms with Gasteiger partial charge in [0.25, 0.3) is 0 Å². The van der Waals surface area contributed by atoms with Crippen molar-refractivity contribution in [3.8, 4) is 0 Å². The van der Waals surface area contributed by atoms with Crippen LogP contribution in [0.2, 0.25) is 0 Å². The molecule has 0 saturated carbocycles. The van der Waals surface area contributed by atoms with Crippen LogP contribution in [0.4, 0.5) is 26.3 Å². The Balaban J connectivity index is 0.000000260. The van der Waals surface area contributed by atoms with E-state index in [9.17, 15) is 43.2 Å². The Bertz CT molecular complexity index is 1230. The Labute approximate surface area is 197 Å². The number of imidazole rings is 1. The average molecular weight is 544 g/mol. The molecule has 0 aliphatic rings. The minimum absolute atomic E-state index is 0.379. The zero-order valence-corrected chi connectivity index (χ0v) is 19.5. The highest BCUT2D eigenvalue weighted by molar-refractivity contribution is 8.13. The predicted molar refractivity (Wildman–Crippen MR) is 114 cm³/mol. The van der Waals surface area contributed by atoms with Crippen LogP contribution in [0.5, 0.6) is 0 Å². The molecule has 0 unspecified atom stereocenters. The van der Waals surface area contributed by atoms with Gasteiger partial charge in [0.05, 0.1) is 7.05 Å². The summed E-state index contributed by atoms with van der Waals surface area (Å²) in [6, 6.07) is 21.4. The first-order valence-corrected chi connectivity index (χ1v) is 12.4. The summed E-state index contributed by atoms with van der Waals surface area (Å²) in [6.07, 6.45) is 6.32. The summed E-state index contributed by atoms with van der Waals surface area (Å²) >= 11 is 0. The van der Waals surface area contributed by atoms with Crippen molar-refractivity contribution in [2.45, 2.75) is 23.5 Å². The number of hydrogen-bond acceptors (Lipinski definition) is 4. The highest BCUT2D eigenvalue weighted by atomic mass is 32.3. The summed E-state index contributed by atoms with van der Waals surface area (Å²) in [5.41, 5.74) is -9.69. The molecule has 0 radical (unpaired) electrons. The summed E-state index contributed by atoms with van der Waals surface area (Å²) < 4.78 is 113. The number of benzene rings is 2. The second-order valence-corrected chi connectivity index (χ2v) is 10.5. The topological polar surface area (TPSA) is 91.2 Å². The smallest absolute Gasteiger partial charge is 0.421 e. The molecule has 2 aromatic carbocycles. The zero-order chi connectivity index (χ0) is 26.5. The molecule has 0 aliphatic heterocycles. The molecule has 0 amide bonds. The van der Waals surface area contributed by atoms with Gasteiger partial charge in [-0.05, 0) is 11.1 Å². The van der Waals surface area contributed by atoms with Gasteiger partial charge in [-0.2, -0.15) is 26.3 Å². The monoisotopic (exact) mass is 543 g/mol. The number of halogens is 6. The molecule has 15 heteroatoms. The van der Waals surface area contributed by atoms with E-state index in [0.717, 1.165) is 10.7 Å². The molecule has 0 fully saturated rings. The normalized spacial score (nSPS) is 12.8. The molecule has 192 valence electrons. The van der Waals surface area contributed by atoms with Crippen molar-refractivity contribution >= 4 is 20.0 Å². The molecule has 0 spiro atoms. The molecule has 0 atom stereocenters. The Morgan fingerprint density at radius 3 is 1.51 bits per heavy atom. The number of sulfonamides is 2. The van der Waals surface area contributed by atoms with Crippen molar-refractivity contribution in [1.82, 2.24) is 4.57 Å². The third-order valence-corrected chi connectivity index (χ3v) is 7.14. The molecular weight excluding hydrogens is 524 g/mol. The van der Waals surface area contributed by atoms with E-state index in [-0.39, 0.29) is 0 Å². The van der Waals surface area contributed by atoms with Crippen LogP contribution in [0, 0.1) is 0 Å². The first-order valence-electron chi connectivity index (χ1n) is 9.51. The molecule has 0 aliphatic carbocycles. The Morgan fingerprint density at radius 1 is 0.800 bits per heavy atom. The molecule has 35 heavy (non-hydrogen) atoms. The second kappa shape index (κ2) is 10.8. The maximum Gasteiger partial charge on any atom is 0.480 e. The molecule has 1 heterocycles. The third-order valence-electron chi connectivity index (χ3n) is 4.40. The molecule has 0 N–H and O–H groups in total. The highest BCUT2D eigenvalue weighted by Crippen LogP contribution is 2.36. The second-order valence-electron chi connectivity index (χ2n) is 7.07. The summed E-state index contributed by atoms with van der Waals surface area (Å²) in [6.45, 7) is 0.953. The number of nitrogens with zero attached hydrogens (tertiary/aromatic N) is 3. The van der Waals surface area contributed by atoms with E-state index in [4.69, 9.17) is 0 Å². The number of aromatic nitrogens is 2. The highest BCUT2D eigenvalue weighted by Gasteiger charge is 2.46. The van der Waals surface area contributed by atoms with Gasteiger partial charge in [0, 0.05) is 5.92 Å². The van der Waals surface area contributed by atoms with Gasteiger partial charge in [0.2, 0.25) is 6.33 Å². The van der Waals surface area contributed by atoms with Gasteiger partial charge in [0.15, 0.2) is 20.0 Å². The number of alkyl halides is 6. The van der Waals surface area contributed by atoms with Gasteiger partial charge >= 0.3 is 11.0 Å². The molecule has 0 bridgehead atoms. The third kappa shape index (κ3) is 7.80. The van der Waals surface area contributed by atoms with E-state index in [1.807, 2.05) is 0 Å². The standard InChI is InChI=1S/C18H19N2.C2F6NO4S2/c1-19-12-13-20(15-19)14-18(16-8-4-2-5-9-16)17-10-6-3-7-11-17;3-1(4,5)14(10,11)9-15(12,13)2(6,7)8/h2-13,15,18H,14H2,1H3;/q+1;-1. The number of hydrogen-bond donors (Lipinski definition) is 0. The van der Waals surface area contributed by atoms with Crippen molar-refractivity contribution < 1.29 is 47.7 Å². The number of rotatable bonds is 6. The Morgan fingerprint density at radius 2 is 1.20 bits per heavy atom. The van der Waals surface area contributed by atoms with Crippen LogP contribution in [0.15, 0.2) is 79.4 Å². The summed E-state index contributed by atoms with van der Waals surface area (Å²) in [7, 11) is -11.4. The maximum absolute atomic E-state index is 11.4. The van der Waals surface area contributed by atoms with E-state index >= 15 is 0 Å². The average Bonchev–Trinajstić information content (AvgIpc) is 3.16. The van der Waals surface area contributed by atoms with E-state index in [0.29, 0.717) is 5.92 Å². The molecule has 3 aromatic rings. The van der Waals surface area contributed by atoms with Crippen molar-refractivity contribution in [1.29, 1.82) is 0 Å². The van der Waals surface area contributed by atoms with Gasteiger partial charge in [-0.25, -0.2) is 26.0 Å². The minimum atomic E-state index is -6.72. The van der Waals surface area contributed by atoms with E-state index in [1.54, 1.807) is 0 Å². The van der Waals surface area contributed by atoms with Crippen molar-refractivity contribution in [3.05, 3.63) is 94.6 Å². The van der Waals surface area contributed by atoms with E-state index < -0.39 is 31.1 Å². The minimum Gasteiger partial charge on any atom is -0.421 e. The summed E-state index contributed by atoms with van der Waals surface area (Å²) in [5, 5.41) is 0. The maximum atomic E-state index is 11.4. The lowest BCUT2D eigenvalue weighted by Gasteiger charge is -2.22. The van der Waals surface area contributed by atoms with Crippen LogP contribution >= 0.6 is 0 Å². The fourth-order valence-electron chi connectivity index (χ4n) is 2.81. The van der Waals surface area contributed by atoms with E-state index in [1.165, 1.54) is 11.1 Å². The van der Waals surface area contributed by atoms with Crippen molar-refractivity contribution in [3.63, 3.8) is 0 Å². The number of aryl methyl sites for hydroxylation is 1. The first kappa shape index (κ1) is 28.3. The Kier molecular flexibility index (Phi) is 8.73. The quantitative estimate of drug-likeness (QED) is 0.344. The van der Waals surface area contributed by atoms with Crippen LogP contribution in [0.3, 0.4) is 0 Å². The van der Waals surface area contributed by atoms with Gasteiger partial charge < -0.3 is 4.13 Å². The SMILES string of the molecule is C[n+]1ccn(CC(c2ccccc2)c2ccccc2)c1.O=S(=O)([N-]S(=O)(=O)C(F)(F)F)C(F)(F)F. The van der Waals surface area contributed by atoms with Crippen molar-refractivity contribution in [2.24, 2.45) is 7.05 Å². The first-order chi connectivity index (χ1) is 16.0. The van der Waals surface area contributed by atoms with Crippen LogP contribution in [-0.2, 0) is 33.6 Å². The fraction of sp³-hybridized carbons (Fsp3) is 0.250. The van der Waals surface area contributed by atoms with Crippen LogP contribution < -0.4 is 4.57 Å². The van der Waals surface area contributed by atoms with Gasteiger partial charge in [0.1, 0.15) is 18.9 Å². The predicted octanol–water partition coefficient (Wildman–Crippen LogP) is 4.20. The Hall–Kier alpha value is -2.91. The molecule has 7 nitrogen and oxygen atoms in total. The van der Waals surface area contributed by atoms with Crippen LogP contribution in [0.25, 0.3) is 4.13 Å². The molecule has 0 saturated heterocycles. The lowest BCUT2D eigenvalue weighted by molar-refractivity contribution is -0.671. The fourth-order valence-corrected chi connectivity index (χ4v) is 4.52. The molecule has 3 rings (SSSR count). The van der Waals surface area contributed by atoms with Gasteiger partial charge in [-0.1, -0.05) is 60.7 Å². The van der Waals surface area contributed by atoms with E-state index in [2.05, 4.69) is 95.6 Å². The van der Waals surface area contributed by atoms with Crippen LogP contribution in [-0.4, -0.2) is 32.4 Å². The zero-order valence-electron chi connectivity index (χ0n) is 17.8. The lowest BCUT2D eigenvalue weighted by atomic mass is 9.91. The lowest BCUT2D eigenvalue weighted by Crippen LogP contribution is -2.30. The van der Waals surface area contributed by atoms with Gasteiger partial charge in [-0.3, -0.25) is 0 Å². The van der Waals surface area contributed by atoms with Crippen LogP contribution in [0.1, 0.15) is 17.0 Å². The molecular formula is C20H19F6N3O4S2. The largest absolute Gasteiger partial charge is 0.480 e.